The fourth-order valence-corrected chi connectivity index (χ4v) is 6.53. The van der Waals surface area contributed by atoms with Crippen LogP contribution in [0.5, 0.6) is 0 Å². The molecule has 1 N–H and O–H groups in total. The van der Waals surface area contributed by atoms with E-state index in [2.05, 4.69) is 28.2 Å². The molecular weight excluding hydrogens is 412 g/mol. The summed E-state index contributed by atoms with van der Waals surface area (Å²) in [5.41, 5.74) is 0. The standard InChI is InChI=1S/C16H25BrN2O3S2/c1-2-3-4-5-10-18-16(20)13-7-6-11-19(12-13)24(21,22)15-9-8-14(17)23-15/h8-9,13H,2-7,10-12H2,1H3,(H,18,20)/t13-/m1/s1. The number of nitrogens with one attached hydrogen (secondary N) is 1. The predicted octanol–water partition coefficient (Wildman–Crippen LogP) is 3.61. The molecule has 1 aromatic rings. The highest BCUT2D eigenvalue weighted by Gasteiger charge is 2.33. The first-order chi connectivity index (χ1) is 11.4. The van der Waals surface area contributed by atoms with Crippen LogP contribution in [-0.2, 0) is 14.8 Å². The number of carbonyl (C=O) groups is 1. The molecular formula is C16H25BrN2O3S2. The Balaban J connectivity index is 1.90. The first kappa shape index (κ1) is 19.9. The molecule has 1 fully saturated rings. The summed E-state index contributed by atoms with van der Waals surface area (Å²) in [6, 6.07) is 3.35. The quantitative estimate of drug-likeness (QED) is 0.632. The molecule has 2 heterocycles. The van der Waals surface area contributed by atoms with Gasteiger partial charge in [-0.2, -0.15) is 4.31 Å². The van der Waals surface area contributed by atoms with Crippen LogP contribution in [0.1, 0.15) is 45.4 Å². The molecule has 1 saturated heterocycles. The molecule has 0 radical (unpaired) electrons. The molecule has 2 rings (SSSR count). The van der Waals surface area contributed by atoms with Gasteiger partial charge >= 0.3 is 0 Å². The summed E-state index contributed by atoms with van der Waals surface area (Å²) in [7, 11) is -3.50. The van der Waals surface area contributed by atoms with Crippen molar-refractivity contribution in [3.63, 3.8) is 0 Å². The summed E-state index contributed by atoms with van der Waals surface area (Å²) in [4.78, 5) is 12.3. The van der Waals surface area contributed by atoms with Crippen molar-refractivity contribution in [1.29, 1.82) is 0 Å². The van der Waals surface area contributed by atoms with E-state index in [1.807, 2.05) is 0 Å². The van der Waals surface area contributed by atoms with Gasteiger partial charge in [0.25, 0.3) is 10.0 Å². The molecule has 1 amide bonds. The van der Waals surface area contributed by atoms with Crippen LogP contribution in [0.15, 0.2) is 20.1 Å². The van der Waals surface area contributed by atoms with Gasteiger partial charge in [-0.3, -0.25) is 4.79 Å². The predicted molar refractivity (Wildman–Crippen MR) is 101 cm³/mol. The van der Waals surface area contributed by atoms with Crippen molar-refractivity contribution < 1.29 is 13.2 Å². The zero-order valence-electron chi connectivity index (χ0n) is 14.0. The third-order valence-corrected chi connectivity index (χ3v) is 8.18. The average molecular weight is 437 g/mol. The van der Waals surface area contributed by atoms with Gasteiger partial charge in [-0.1, -0.05) is 26.2 Å². The third-order valence-electron chi connectivity index (χ3n) is 4.23. The van der Waals surface area contributed by atoms with Crippen LogP contribution in [0, 0.1) is 5.92 Å². The molecule has 24 heavy (non-hydrogen) atoms. The molecule has 136 valence electrons. The zero-order chi connectivity index (χ0) is 17.6. The van der Waals surface area contributed by atoms with E-state index in [0.717, 1.165) is 29.5 Å². The van der Waals surface area contributed by atoms with E-state index in [1.165, 1.54) is 28.5 Å². The van der Waals surface area contributed by atoms with Gasteiger partial charge in [-0.25, -0.2) is 8.42 Å². The van der Waals surface area contributed by atoms with Crippen molar-refractivity contribution >= 4 is 43.2 Å². The second kappa shape index (κ2) is 9.31. The van der Waals surface area contributed by atoms with Crippen LogP contribution < -0.4 is 5.32 Å². The summed E-state index contributed by atoms with van der Waals surface area (Å²) in [5.74, 6) is -0.262. The lowest BCUT2D eigenvalue weighted by atomic mass is 9.99. The van der Waals surface area contributed by atoms with Crippen LogP contribution in [0.3, 0.4) is 0 Å². The lowest BCUT2D eigenvalue weighted by molar-refractivity contribution is -0.126. The number of halogens is 1. The van der Waals surface area contributed by atoms with E-state index in [9.17, 15) is 13.2 Å². The molecule has 1 aliphatic rings. The molecule has 0 aromatic carbocycles. The van der Waals surface area contributed by atoms with Crippen LogP contribution in [0.4, 0.5) is 0 Å². The largest absolute Gasteiger partial charge is 0.356 e. The van der Waals surface area contributed by atoms with E-state index in [0.29, 0.717) is 17.3 Å². The van der Waals surface area contributed by atoms with E-state index < -0.39 is 10.0 Å². The second-order valence-electron chi connectivity index (χ2n) is 6.11. The number of rotatable bonds is 8. The average Bonchev–Trinajstić information content (AvgIpc) is 3.02. The SMILES string of the molecule is CCCCCCNC(=O)[C@@H]1CCCN(S(=O)(=O)c2ccc(Br)s2)C1. The first-order valence-corrected chi connectivity index (χ1v) is 11.5. The zero-order valence-corrected chi connectivity index (χ0v) is 17.2. The number of hydrogen-bond acceptors (Lipinski definition) is 4. The minimum Gasteiger partial charge on any atom is -0.356 e. The van der Waals surface area contributed by atoms with Gasteiger partial charge in [0.2, 0.25) is 5.91 Å². The second-order valence-corrected chi connectivity index (χ2v) is 10.7. The van der Waals surface area contributed by atoms with Gasteiger partial charge in [0.1, 0.15) is 4.21 Å². The lowest BCUT2D eigenvalue weighted by Gasteiger charge is -2.30. The van der Waals surface area contributed by atoms with Gasteiger partial charge in [0.05, 0.1) is 9.70 Å². The number of amides is 1. The highest BCUT2D eigenvalue weighted by Crippen LogP contribution is 2.30. The molecule has 5 nitrogen and oxygen atoms in total. The number of piperidine rings is 1. The molecule has 1 aliphatic heterocycles. The summed E-state index contributed by atoms with van der Waals surface area (Å²) in [6.45, 7) is 3.60. The van der Waals surface area contributed by atoms with Gasteiger partial charge in [-0.05, 0) is 47.3 Å². The monoisotopic (exact) mass is 436 g/mol. The first-order valence-electron chi connectivity index (χ1n) is 8.48. The Kier molecular flexibility index (Phi) is 7.71. The normalized spacial score (nSPS) is 19.3. The fraction of sp³-hybridized carbons (Fsp3) is 0.688. The van der Waals surface area contributed by atoms with Crippen molar-refractivity contribution in [2.24, 2.45) is 5.92 Å². The highest BCUT2D eigenvalue weighted by atomic mass is 79.9. The Morgan fingerprint density at radius 1 is 1.38 bits per heavy atom. The fourth-order valence-electron chi connectivity index (χ4n) is 2.85. The maximum Gasteiger partial charge on any atom is 0.252 e. The number of hydrogen-bond donors (Lipinski definition) is 1. The lowest BCUT2D eigenvalue weighted by Crippen LogP contribution is -2.45. The summed E-state index contributed by atoms with van der Waals surface area (Å²) in [6.07, 6.45) is 5.93. The number of unbranched alkanes of at least 4 members (excludes halogenated alkanes) is 3. The van der Waals surface area contributed by atoms with Crippen molar-refractivity contribution in [3.05, 3.63) is 15.9 Å². The third kappa shape index (κ3) is 5.28. The van der Waals surface area contributed by atoms with Crippen molar-refractivity contribution in [2.45, 2.75) is 49.7 Å². The Bertz CT molecular complexity index is 646. The topological polar surface area (TPSA) is 66.5 Å². The molecule has 1 atom stereocenters. The van der Waals surface area contributed by atoms with Crippen LogP contribution in [0.25, 0.3) is 0 Å². The summed E-state index contributed by atoms with van der Waals surface area (Å²) in [5, 5.41) is 2.96. The van der Waals surface area contributed by atoms with Crippen molar-refractivity contribution in [3.8, 4) is 0 Å². The van der Waals surface area contributed by atoms with Gasteiger partial charge in [0.15, 0.2) is 0 Å². The highest BCUT2D eigenvalue weighted by molar-refractivity contribution is 9.11. The Morgan fingerprint density at radius 3 is 2.83 bits per heavy atom. The molecule has 0 spiro atoms. The van der Waals surface area contributed by atoms with Gasteiger partial charge in [-0.15, -0.1) is 11.3 Å². The van der Waals surface area contributed by atoms with E-state index >= 15 is 0 Å². The molecule has 8 heteroatoms. The minimum absolute atomic E-state index is 0.0150. The summed E-state index contributed by atoms with van der Waals surface area (Å²) < 4.78 is 27.9. The maximum absolute atomic E-state index is 12.7. The van der Waals surface area contributed by atoms with E-state index in [-0.39, 0.29) is 18.4 Å². The molecule has 0 aliphatic carbocycles. The van der Waals surface area contributed by atoms with Gasteiger partial charge in [0, 0.05) is 19.6 Å². The molecule has 0 bridgehead atoms. The summed E-state index contributed by atoms with van der Waals surface area (Å²) >= 11 is 4.51. The van der Waals surface area contributed by atoms with Crippen LogP contribution in [0.2, 0.25) is 0 Å². The number of carbonyl (C=O) groups excluding carboxylic acids is 1. The Morgan fingerprint density at radius 2 is 2.17 bits per heavy atom. The van der Waals surface area contributed by atoms with Crippen molar-refractivity contribution in [1.82, 2.24) is 9.62 Å². The Labute approximate surface area is 157 Å². The number of nitrogens with zero attached hydrogens (tertiary/aromatic N) is 1. The molecule has 0 unspecified atom stereocenters. The maximum atomic E-state index is 12.7. The van der Waals surface area contributed by atoms with E-state index in [4.69, 9.17) is 0 Å². The van der Waals surface area contributed by atoms with Crippen LogP contribution >= 0.6 is 27.3 Å². The number of sulfonamides is 1. The smallest absolute Gasteiger partial charge is 0.252 e. The number of thiophene rings is 1. The van der Waals surface area contributed by atoms with E-state index in [1.54, 1.807) is 12.1 Å². The van der Waals surface area contributed by atoms with Crippen LogP contribution in [-0.4, -0.2) is 38.3 Å². The van der Waals surface area contributed by atoms with Gasteiger partial charge < -0.3 is 5.32 Å². The minimum atomic E-state index is -3.50. The van der Waals surface area contributed by atoms with Crippen molar-refractivity contribution in [2.75, 3.05) is 19.6 Å². The molecule has 1 aromatic heterocycles. The Hall–Kier alpha value is -0.440. The molecule has 0 saturated carbocycles.